The molecule has 0 radical (unpaired) electrons. The number of carbonyl (C=O) groups is 2. The van der Waals surface area contributed by atoms with Gasteiger partial charge in [-0.3, -0.25) is 9.59 Å². The molecular formula is C28H30BrClN2O3S. The molecule has 3 aromatic rings. The van der Waals surface area contributed by atoms with Crippen LogP contribution in [-0.4, -0.2) is 47.9 Å². The van der Waals surface area contributed by atoms with Crippen LogP contribution in [0.15, 0.2) is 64.5 Å². The molecule has 190 valence electrons. The Kier molecular flexibility index (Phi) is 9.09. The zero-order chi connectivity index (χ0) is 25.7. The highest BCUT2D eigenvalue weighted by Gasteiger charge is 2.33. The normalized spacial score (nSPS) is 15.0. The standard InChI is InChI=1S/C28H30BrClN2O3S/c1-19(2)10-13-31(28(34)20-4-3-5-21(29)16-20)17-27(33)32-14-11-26-24(12-15-36-26)25(32)18-35-23-8-6-22(30)7-9-23/h3-9,12,15-16,19,25H,10-11,13-14,17-18H2,1-2H3/t25-/m1/s1. The molecule has 1 aliphatic heterocycles. The van der Waals surface area contributed by atoms with Gasteiger partial charge in [-0.15, -0.1) is 11.3 Å². The second-order valence-electron chi connectivity index (χ2n) is 9.34. The number of halogens is 2. The first-order valence-corrected chi connectivity index (χ1v) is 14.2. The average molecular weight is 590 g/mol. The quantitative estimate of drug-likeness (QED) is 0.274. The van der Waals surface area contributed by atoms with Crippen LogP contribution >= 0.6 is 38.9 Å². The van der Waals surface area contributed by atoms with Gasteiger partial charge in [0.25, 0.3) is 5.91 Å². The van der Waals surface area contributed by atoms with Crippen LogP contribution in [0.2, 0.25) is 5.02 Å². The van der Waals surface area contributed by atoms with Crippen LogP contribution in [0.3, 0.4) is 0 Å². The second-order valence-corrected chi connectivity index (χ2v) is 11.7. The minimum absolute atomic E-state index is 0.0367. The summed E-state index contributed by atoms with van der Waals surface area (Å²) in [5, 5.41) is 2.72. The van der Waals surface area contributed by atoms with E-state index >= 15 is 0 Å². The van der Waals surface area contributed by atoms with Gasteiger partial charge in [-0.25, -0.2) is 0 Å². The smallest absolute Gasteiger partial charge is 0.254 e. The predicted octanol–water partition coefficient (Wildman–Crippen LogP) is 6.86. The first-order valence-electron chi connectivity index (χ1n) is 12.1. The molecule has 0 unspecified atom stereocenters. The van der Waals surface area contributed by atoms with Crippen molar-refractivity contribution in [3.63, 3.8) is 0 Å². The summed E-state index contributed by atoms with van der Waals surface area (Å²) in [6.07, 6.45) is 1.63. The first-order chi connectivity index (χ1) is 17.3. The zero-order valence-corrected chi connectivity index (χ0v) is 23.6. The minimum atomic E-state index is -0.212. The monoisotopic (exact) mass is 588 g/mol. The van der Waals surface area contributed by atoms with Crippen LogP contribution in [0, 0.1) is 5.92 Å². The van der Waals surface area contributed by atoms with Crippen molar-refractivity contribution in [3.8, 4) is 5.75 Å². The lowest BCUT2D eigenvalue weighted by atomic mass is 10.00. The third-order valence-corrected chi connectivity index (χ3v) is 8.04. The van der Waals surface area contributed by atoms with Gasteiger partial charge >= 0.3 is 0 Å². The SMILES string of the molecule is CC(C)CCN(CC(=O)N1CCc2sccc2[C@H]1COc1ccc(Cl)cc1)C(=O)c1cccc(Br)c1. The number of hydrogen-bond acceptors (Lipinski definition) is 4. The highest BCUT2D eigenvalue weighted by atomic mass is 79.9. The van der Waals surface area contributed by atoms with Crippen molar-refractivity contribution in [1.29, 1.82) is 0 Å². The summed E-state index contributed by atoms with van der Waals surface area (Å²) in [5.41, 5.74) is 1.70. The van der Waals surface area contributed by atoms with E-state index in [0.717, 1.165) is 22.9 Å². The van der Waals surface area contributed by atoms with Gasteiger partial charge in [-0.2, -0.15) is 0 Å². The Morgan fingerprint density at radius 2 is 1.97 bits per heavy atom. The highest BCUT2D eigenvalue weighted by molar-refractivity contribution is 9.10. The number of carbonyl (C=O) groups excluding carboxylic acids is 2. The summed E-state index contributed by atoms with van der Waals surface area (Å²) in [6.45, 7) is 5.74. The lowest BCUT2D eigenvalue weighted by Gasteiger charge is -2.37. The molecule has 0 spiro atoms. The van der Waals surface area contributed by atoms with Crippen molar-refractivity contribution in [1.82, 2.24) is 9.80 Å². The van der Waals surface area contributed by atoms with Crippen LogP contribution in [0.25, 0.3) is 0 Å². The molecule has 0 aliphatic carbocycles. The number of nitrogens with zero attached hydrogens (tertiary/aromatic N) is 2. The highest BCUT2D eigenvalue weighted by Crippen LogP contribution is 2.34. The average Bonchev–Trinajstić information content (AvgIpc) is 3.34. The maximum absolute atomic E-state index is 13.7. The number of thiophene rings is 1. The number of rotatable bonds is 9. The second kappa shape index (κ2) is 12.3. The van der Waals surface area contributed by atoms with E-state index in [2.05, 4.69) is 41.2 Å². The van der Waals surface area contributed by atoms with Crippen LogP contribution in [0.5, 0.6) is 5.75 Å². The van der Waals surface area contributed by atoms with Crippen LogP contribution < -0.4 is 4.74 Å². The Bertz CT molecular complexity index is 1200. The number of amides is 2. The molecule has 1 atom stereocenters. The number of hydrogen-bond donors (Lipinski definition) is 0. The van der Waals surface area contributed by atoms with E-state index in [0.29, 0.717) is 41.9 Å². The van der Waals surface area contributed by atoms with Crippen molar-refractivity contribution in [2.24, 2.45) is 5.92 Å². The predicted molar refractivity (Wildman–Crippen MR) is 149 cm³/mol. The molecule has 2 heterocycles. The summed E-state index contributed by atoms with van der Waals surface area (Å²) in [5.74, 6) is 0.926. The molecule has 1 aromatic heterocycles. The fourth-order valence-corrected chi connectivity index (χ4v) is 5.76. The Morgan fingerprint density at radius 3 is 2.69 bits per heavy atom. The topological polar surface area (TPSA) is 49.9 Å². The largest absolute Gasteiger partial charge is 0.491 e. The Hall–Kier alpha value is -2.35. The lowest BCUT2D eigenvalue weighted by molar-refractivity contribution is -0.135. The van der Waals surface area contributed by atoms with E-state index in [1.165, 1.54) is 4.88 Å². The molecule has 0 bridgehead atoms. The van der Waals surface area contributed by atoms with E-state index < -0.39 is 0 Å². The van der Waals surface area contributed by atoms with Crippen molar-refractivity contribution in [2.75, 3.05) is 26.2 Å². The minimum Gasteiger partial charge on any atom is -0.491 e. The third-order valence-electron chi connectivity index (χ3n) is 6.30. The van der Waals surface area contributed by atoms with Gasteiger partial charge in [-0.05, 0) is 78.2 Å². The van der Waals surface area contributed by atoms with Crippen molar-refractivity contribution >= 4 is 50.7 Å². The van der Waals surface area contributed by atoms with Gasteiger partial charge in [0.15, 0.2) is 0 Å². The Morgan fingerprint density at radius 1 is 1.19 bits per heavy atom. The maximum atomic E-state index is 13.7. The van der Waals surface area contributed by atoms with Gasteiger partial charge in [0.1, 0.15) is 18.9 Å². The number of fused-ring (bicyclic) bond motifs is 1. The molecule has 0 fully saturated rings. The zero-order valence-electron chi connectivity index (χ0n) is 20.5. The fourth-order valence-electron chi connectivity index (χ4n) is 4.31. The van der Waals surface area contributed by atoms with E-state index in [-0.39, 0.29) is 24.4 Å². The van der Waals surface area contributed by atoms with Gasteiger partial charge in [0.2, 0.25) is 5.91 Å². The third kappa shape index (κ3) is 6.69. The van der Waals surface area contributed by atoms with E-state index in [1.807, 2.05) is 29.2 Å². The summed E-state index contributed by atoms with van der Waals surface area (Å²) in [7, 11) is 0. The summed E-state index contributed by atoms with van der Waals surface area (Å²) in [6, 6.07) is 16.4. The molecule has 5 nitrogen and oxygen atoms in total. The van der Waals surface area contributed by atoms with Crippen molar-refractivity contribution < 1.29 is 14.3 Å². The van der Waals surface area contributed by atoms with Crippen molar-refractivity contribution in [2.45, 2.75) is 32.7 Å². The summed E-state index contributed by atoms with van der Waals surface area (Å²) < 4.78 is 6.92. The number of benzene rings is 2. The molecule has 4 rings (SSSR count). The number of ether oxygens (including phenoxy) is 1. The van der Waals surface area contributed by atoms with Gasteiger partial charge < -0.3 is 14.5 Å². The van der Waals surface area contributed by atoms with Gasteiger partial charge in [0, 0.05) is 33.0 Å². The van der Waals surface area contributed by atoms with Crippen molar-refractivity contribution in [3.05, 3.63) is 85.5 Å². The van der Waals surface area contributed by atoms with E-state index in [4.69, 9.17) is 16.3 Å². The molecular weight excluding hydrogens is 560 g/mol. The fraction of sp³-hybridized carbons (Fsp3) is 0.357. The van der Waals surface area contributed by atoms with Gasteiger partial charge in [-0.1, -0.05) is 47.4 Å². The molecule has 0 N–H and O–H groups in total. The van der Waals surface area contributed by atoms with Crippen LogP contribution in [0.1, 0.15) is 47.1 Å². The maximum Gasteiger partial charge on any atom is 0.254 e. The first kappa shape index (κ1) is 26.7. The van der Waals surface area contributed by atoms with Crippen LogP contribution in [0.4, 0.5) is 0 Å². The molecule has 2 aromatic carbocycles. The summed E-state index contributed by atoms with van der Waals surface area (Å²) >= 11 is 11.2. The molecule has 1 aliphatic rings. The molecule has 8 heteroatoms. The lowest BCUT2D eigenvalue weighted by Crippen LogP contribution is -2.48. The Balaban J connectivity index is 1.53. The molecule has 0 saturated heterocycles. The van der Waals surface area contributed by atoms with E-state index in [9.17, 15) is 9.59 Å². The van der Waals surface area contributed by atoms with E-state index in [1.54, 1.807) is 40.5 Å². The molecule has 36 heavy (non-hydrogen) atoms. The summed E-state index contributed by atoms with van der Waals surface area (Å²) in [4.78, 5) is 32.0. The molecule has 2 amide bonds. The molecule has 0 saturated carbocycles. The van der Waals surface area contributed by atoms with Crippen LogP contribution in [-0.2, 0) is 11.2 Å². The Labute approximate surface area is 230 Å². The van der Waals surface area contributed by atoms with Gasteiger partial charge in [0.05, 0.1) is 6.04 Å².